The van der Waals surface area contributed by atoms with Gasteiger partial charge in [0, 0.05) is 29.4 Å². The molecule has 1 atom stereocenters. The van der Waals surface area contributed by atoms with Gasteiger partial charge in [-0.15, -0.1) is 0 Å². The van der Waals surface area contributed by atoms with Crippen LogP contribution in [0.5, 0.6) is 0 Å². The van der Waals surface area contributed by atoms with Crippen LogP contribution in [0.1, 0.15) is 5.56 Å². The van der Waals surface area contributed by atoms with Gasteiger partial charge in [0.15, 0.2) is 0 Å². The van der Waals surface area contributed by atoms with Crippen LogP contribution < -0.4 is 4.72 Å². The quantitative estimate of drug-likeness (QED) is 0.790. The second-order valence-electron chi connectivity index (χ2n) is 3.04. The molecule has 0 bridgehead atoms. The Morgan fingerprint density at radius 3 is 3.00 bits per heavy atom. The van der Waals surface area contributed by atoms with Crippen LogP contribution in [0.15, 0.2) is 36.5 Å². The van der Waals surface area contributed by atoms with E-state index in [2.05, 4.69) is 9.71 Å². The van der Waals surface area contributed by atoms with E-state index in [1.54, 1.807) is 6.20 Å². The number of fused-ring (bicyclic) bond motifs is 1. The minimum absolute atomic E-state index is 0.291. The molecule has 0 saturated heterocycles. The van der Waals surface area contributed by atoms with E-state index in [-0.39, 0.29) is 0 Å². The monoisotopic (exact) mass is 221 g/mol. The maximum absolute atomic E-state index is 10.4. The highest BCUT2D eigenvalue weighted by molar-refractivity contribution is 7.77. The van der Waals surface area contributed by atoms with Gasteiger partial charge in [-0.3, -0.25) is 9.19 Å². The number of pyridine rings is 1. The van der Waals surface area contributed by atoms with E-state index in [1.165, 1.54) is 0 Å². The van der Waals surface area contributed by atoms with Gasteiger partial charge in [0.05, 0.1) is 5.52 Å². The van der Waals surface area contributed by atoms with E-state index in [4.69, 9.17) is 0 Å². The fraction of sp³-hybridized carbons (Fsp3) is 0.100. The predicted octanol–water partition coefficient (Wildman–Crippen LogP) is 1.12. The van der Waals surface area contributed by atoms with Gasteiger partial charge in [0.2, 0.25) is 0 Å². The number of rotatable bonds is 3. The molecule has 0 aliphatic heterocycles. The number of nitrogens with one attached hydrogen (secondary N) is 1. The molecule has 0 aliphatic carbocycles. The molecule has 5 heteroatoms. The highest BCUT2D eigenvalue weighted by atomic mass is 32.2. The zero-order valence-corrected chi connectivity index (χ0v) is 8.66. The number of nitrogens with zero attached hydrogens (tertiary/aromatic N) is 1. The summed E-state index contributed by atoms with van der Waals surface area (Å²) in [5, 5.41) is 0.970. The molecule has 1 aromatic carbocycles. The molecule has 0 spiro atoms. The third kappa shape index (κ3) is 2.38. The number of aromatic nitrogens is 1. The van der Waals surface area contributed by atoms with Crippen LogP contribution in [0.3, 0.4) is 0 Å². The Labute approximate surface area is 89.8 Å². The molecule has 0 aliphatic rings. The molecule has 1 unspecified atom stereocenters. The lowest BCUT2D eigenvalue weighted by Gasteiger charge is -2.09. The minimum Gasteiger partial charge on any atom is -0.760 e. The molecule has 0 radical (unpaired) electrons. The Hall–Kier alpha value is -1.30. The zero-order chi connectivity index (χ0) is 10.7. The molecule has 78 valence electrons. The molecule has 0 fully saturated rings. The van der Waals surface area contributed by atoms with Gasteiger partial charge in [-0.1, -0.05) is 18.2 Å². The van der Waals surface area contributed by atoms with Crippen molar-refractivity contribution in [2.45, 2.75) is 6.54 Å². The van der Waals surface area contributed by atoms with E-state index >= 15 is 0 Å². The van der Waals surface area contributed by atoms with Crippen molar-refractivity contribution in [2.24, 2.45) is 0 Å². The van der Waals surface area contributed by atoms with Gasteiger partial charge in [0.25, 0.3) is 0 Å². The fourth-order valence-electron chi connectivity index (χ4n) is 1.46. The van der Waals surface area contributed by atoms with E-state index in [0.29, 0.717) is 6.54 Å². The number of hydrogen-bond acceptors (Lipinski definition) is 3. The number of hydrogen-bond donors (Lipinski definition) is 1. The van der Waals surface area contributed by atoms with Crippen LogP contribution >= 0.6 is 0 Å². The lowest BCUT2D eigenvalue weighted by Crippen LogP contribution is -2.15. The Morgan fingerprint density at radius 1 is 1.33 bits per heavy atom. The first kappa shape index (κ1) is 10.2. The molecule has 0 saturated carbocycles. The van der Waals surface area contributed by atoms with Crippen molar-refractivity contribution >= 4 is 22.2 Å². The second kappa shape index (κ2) is 4.48. The van der Waals surface area contributed by atoms with Crippen molar-refractivity contribution < 1.29 is 8.76 Å². The minimum atomic E-state index is -2.23. The van der Waals surface area contributed by atoms with Crippen LogP contribution in [0.4, 0.5) is 0 Å². The standard InChI is InChI=1S/C10H10N2O2S/c13-15(14)12-7-8-3-1-5-10-9(8)4-2-6-11-10/h1-6,12H,7H2,(H,13,14)/p-1. The second-order valence-corrected chi connectivity index (χ2v) is 3.80. The largest absolute Gasteiger partial charge is 0.760 e. The van der Waals surface area contributed by atoms with Crippen molar-refractivity contribution in [1.82, 2.24) is 9.71 Å². The van der Waals surface area contributed by atoms with E-state index < -0.39 is 11.3 Å². The molecule has 1 N–H and O–H groups in total. The van der Waals surface area contributed by atoms with Crippen LogP contribution in [0.2, 0.25) is 0 Å². The van der Waals surface area contributed by atoms with Crippen LogP contribution in [-0.2, 0) is 17.8 Å². The average Bonchev–Trinajstić information content (AvgIpc) is 2.26. The van der Waals surface area contributed by atoms with Crippen molar-refractivity contribution in [3.63, 3.8) is 0 Å². The van der Waals surface area contributed by atoms with Gasteiger partial charge >= 0.3 is 0 Å². The first-order valence-electron chi connectivity index (χ1n) is 4.43. The summed E-state index contributed by atoms with van der Waals surface area (Å²) in [6.07, 6.45) is 1.71. The lowest BCUT2D eigenvalue weighted by molar-refractivity contribution is 0.523. The van der Waals surface area contributed by atoms with Crippen molar-refractivity contribution in [3.8, 4) is 0 Å². The van der Waals surface area contributed by atoms with Crippen LogP contribution in [0.25, 0.3) is 10.9 Å². The van der Waals surface area contributed by atoms with E-state index in [9.17, 15) is 8.76 Å². The molecule has 1 aromatic heterocycles. The van der Waals surface area contributed by atoms with Crippen molar-refractivity contribution in [3.05, 3.63) is 42.1 Å². The fourth-order valence-corrected chi connectivity index (χ4v) is 1.73. The Morgan fingerprint density at radius 2 is 2.20 bits per heavy atom. The number of benzene rings is 1. The van der Waals surface area contributed by atoms with Gasteiger partial charge in [-0.05, 0) is 17.7 Å². The van der Waals surface area contributed by atoms with Crippen molar-refractivity contribution in [1.29, 1.82) is 0 Å². The molecule has 15 heavy (non-hydrogen) atoms. The van der Waals surface area contributed by atoms with Crippen LogP contribution in [-0.4, -0.2) is 13.7 Å². The Kier molecular flexibility index (Phi) is 3.05. The first-order chi connectivity index (χ1) is 7.27. The summed E-state index contributed by atoms with van der Waals surface area (Å²) in [5.41, 5.74) is 1.79. The normalized spacial score (nSPS) is 12.9. The third-order valence-corrected chi connectivity index (χ3v) is 2.50. The summed E-state index contributed by atoms with van der Waals surface area (Å²) >= 11 is -2.23. The SMILES string of the molecule is O=S([O-])NCc1cccc2ncccc12. The molecule has 1 heterocycles. The lowest BCUT2D eigenvalue weighted by atomic mass is 10.1. The smallest absolute Gasteiger partial charge is 0.0705 e. The van der Waals surface area contributed by atoms with Crippen molar-refractivity contribution in [2.75, 3.05) is 0 Å². The third-order valence-electron chi connectivity index (χ3n) is 2.12. The van der Waals surface area contributed by atoms with E-state index in [1.807, 2.05) is 30.3 Å². The molecular formula is C10H9N2O2S-. The Bertz CT molecular complexity index is 496. The summed E-state index contributed by atoms with van der Waals surface area (Å²) < 4.78 is 23.1. The summed E-state index contributed by atoms with van der Waals surface area (Å²) in [6.45, 7) is 0.291. The van der Waals surface area contributed by atoms with Gasteiger partial charge in [-0.25, -0.2) is 4.72 Å². The first-order valence-corrected chi connectivity index (χ1v) is 5.50. The molecule has 2 aromatic rings. The molecule has 4 nitrogen and oxygen atoms in total. The maximum atomic E-state index is 10.4. The summed E-state index contributed by atoms with van der Waals surface area (Å²) in [4.78, 5) is 4.19. The summed E-state index contributed by atoms with van der Waals surface area (Å²) in [7, 11) is 0. The molecular weight excluding hydrogens is 212 g/mol. The van der Waals surface area contributed by atoms with Gasteiger partial charge in [-0.2, -0.15) is 0 Å². The van der Waals surface area contributed by atoms with Crippen LogP contribution in [0, 0.1) is 0 Å². The maximum Gasteiger partial charge on any atom is 0.0705 e. The molecule has 0 amide bonds. The highest BCUT2D eigenvalue weighted by Crippen LogP contribution is 2.15. The van der Waals surface area contributed by atoms with E-state index in [0.717, 1.165) is 16.5 Å². The highest BCUT2D eigenvalue weighted by Gasteiger charge is 1.99. The average molecular weight is 221 g/mol. The zero-order valence-electron chi connectivity index (χ0n) is 7.84. The summed E-state index contributed by atoms with van der Waals surface area (Å²) in [5.74, 6) is 0. The van der Waals surface area contributed by atoms with Gasteiger partial charge < -0.3 is 4.55 Å². The molecule has 2 rings (SSSR count). The Balaban J connectivity index is 2.38. The predicted molar refractivity (Wildman–Crippen MR) is 57.5 cm³/mol. The topological polar surface area (TPSA) is 65.0 Å². The summed E-state index contributed by atoms with van der Waals surface area (Å²) in [6, 6.07) is 9.39. The van der Waals surface area contributed by atoms with Gasteiger partial charge in [0.1, 0.15) is 0 Å².